The highest BCUT2D eigenvalue weighted by Gasteiger charge is 2.15. The fourth-order valence-electron chi connectivity index (χ4n) is 2.43. The summed E-state index contributed by atoms with van der Waals surface area (Å²) in [6.07, 6.45) is 1.28. The Morgan fingerprint density at radius 1 is 1.04 bits per heavy atom. The van der Waals surface area contributed by atoms with E-state index in [4.69, 9.17) is 5.26 Å². The lowest BCUT2D eigenvalue weighted by Crippen LogP contribution is -2.14. The van der Waals surface area contributed by atoms with E-state index in [1.807, 2.05) is 0 Å². The molecule has 1 aromatic heterocycles. The molecule has 23 heavy (non-hydrogen) atoms. The van der Waals surface area contributed by atoms with Gasteiger partial charge in [0.2, 0.25) is 5.43 Å². The van der Waals surface area contributed by atoms with Crippen LogP contribution in [-0.4, -0.2) is 4.57 Å². The number of nitrogens with zero attached hydrogens (tertiary/aromatic N) is 2. The third kappa shape index (κ3) is 2.46. The molecule has 3 nitrogen and oxygen atoms in total. The molecule has 0 radical (unpaired) electrons. The van der Waals surface area contributed by atoms with E-state index >= 15 is 0 Å². The Morgan fingerprint density at radius 3 is 2.52 bits per heavy atom. The van der Waals surface area contributed by atoms with Gasteiger partial charge in [-0.2, -0.15) is 5.26 Å². The minimum Gasteiger partial charge on any atom is -0.341 e. The van der Waals surface area contributed by atoms with Crippen molar-refractivity contribution < 1.29 is 13.2 Å². The number of hydrogen-bond acceptors (Lipinski definition) is 2. The summed E-state index contributed by atoms with van der Waals surface area (Å²) in [5.74, 6) is -4.10. The van der Waals surface area contributed by atoms with Crippen LogP contribution in [0.5, 0.6) is 0 Å². The van der Waals surface area contributed by atoms with Gasteiger partial charge in [-0.1, -0.05) is 18.2 Å². The van der Waals surface area contributed by atoms with Crippen LogP contribution in [0.15, 0.2) is 47.4 Å². The zero-order valence-electron chi connectivity index (χ0n) is 11.7. The first-order valence-electron chi connectivity index (χ1n) is 6.67. The first-order valence-corrected chi connectivity index (χ1v) is 6.67. The molecule has 0 aliphatic heterocycles. The van der Waals surface area contributed by atoms with E-state index in [9.17, 15) is 18.0 Å². The maximum Gasteiger partial charge on any atom is 0.207 e. The number of benzene rings is 2. The van der Waals surface area contributed by atoms with Crippen LogP contribution in [0.1, 0.15) is 11.1 Å². The average molecular weight is 314 g/mol. The van der Waals surface area contributed by atoms with E-state index in [1.165, 1.54) is 10.8 Å². The Labute approximate surface area is 128 Å². The second-order valence-electron chi connectivity index (χ2n) is 4.96. The van der Waals surface area contributed by atoms with Gasteiger partial charge in [0.1, 0.15) is 11.6 Å². The lowest BCUT2D eigenvalue weighted by Gasteiger charge is -2.12. The number of hydrogen-bond donors (Lipinski definition) is 0. The molecule has 0 spiro atoms. The monoisotopic (exact) mass is 314 g/mol. The van der Waals surface area contributed by atoms with Crippen LogP contribution in [0.4, 0.5) is 13.2 Å². The Morgan fingerprint density at radius 2 is 1.78 bits per heavy atom. The summed E-state index contributed by atoms with van der Waals surface area (Å²) in [5, 5.41) is 9.36. The molecule has 0 unspecified atom stereocenters. The fourth-order valence-corrected chi connectivity index (χ4v) is 2.43. The second-order valence-corrected chi connectivity index (χ2v) is 4.96. The smallest absolute Gasteiger partial charge is 0.207 e. The molecule has 0 aliphatic carbocycles. The Balaban J connectivity index is 2.22. The van der Waals surface area contributed by atoms with E-state index in [0.29, 0.717) is 10.9 Å². The summed E-state index contributed by atoms with van der Waals surface area (Å²) in [6, 6.07) is 10.3. The molecule has 0 atom stereocenters. The molecule has 3 aromatic rings. The number of rotatable bonds is 2. The molecular weight excluding hydrogens is 305 g/mol. The molecule has 6 heteroatoms. The molecule has 0 saturated heterocycles. The molecule has 0 saturated carbocycles. The van der Waals surface area contributed by atoms with E-state index < -0.39 is 22.9 Å². The maximum atomic E-state index is 13.9. The molecule has 0 bridgehead atoms. The highest BCUT2D eigenvalue weighted by molar-refractivity contribution is 5.80. The fraction of sp³-hybridized carbons (Fsp3) is 0.0588. The van der Waals surface area contributed by atoms with Crippen LogP contribution in [0.3, 0.4) is 0 Å². The van der Waals surface area contributed by atoms with E-state index in [0.717, 1.165) is 12.1 Å². The largest absolute Gasteiger partial charge is 0.341 e. The topological polar surface area (TPSA) is 45.8 Å². The predicted octanol–water partition coefficient (Wildman–Crippen LogP) is 3.34. The molecule has 0 aliphatic rings. The van der Waals surface area contributed by atoms with Crippen molar-refractivity contribution in [2.24, 2.45) is 0 Å². The van der Waals surface area contributed by atoms with Crippen molar-refractivity contribution in [3.8, 4) is 6.07 Å². The standard InChI is InChI=1S/C17H9F3N2O/c18-13-6-5-10(15(19)16(13)20)8-22-9-11(7-21)17(23)12-3-1-2-4-14(12)22/h1-6,9H,8H2. The molecule has 0 N–H and O–H groups in total. The van der Waals surface area contributed by atoms with Gasteiger partial charge in [0.05, 0.1) is 12.1 Å². The van der Waals surface area contributed by atoms with Gasteiger partial charge in [0.25, 0.3) is 0 Å². The summed E-state index contributed by atoms with van der Waals surface area (Å²) < 4.78 is 41.7. The summed E-state index contributed by atoms with van der Waals surface area (Å²) in [7, 11) is 0. The predicted molar refractivity (Wildman–Crippen MR) is 78.3 cm³/mol. The zero-order chi connectivity index (χ0) is 16.6. The van der Waals surface area contributed by atoms with Gasteiger partial charge in [-0.3, -0.25) is 4.79 Å². The van der Waals surface area contributed by atoms with Gasteiger partial charge in [0, 0.05) is 17.1 Å². The van der Waals surface area contributed by atoms with Gasteiger partial charge in [-0.15, -0.1) is 0 Å². The molecule has 1 heterocycles. The van der Waals surface area contributed by atoms with E-state index in [1.54, 1.807) is 30.3 Å². The van der Waals surface area contributed by atoms with Gasteiger partial charge < -0.3 is 4.57 Å². The van der Waals surface area contributed by atoms with Crippen molar-refractivity contribution in [1.82, 2.24) is 4.57 Å². The third-order valence-corrected chi connectivity index (χ3v) is 3.56. The van der Waals surface area contributed by atoms with E-state index in [2.05, 4.69) is 0 Å². The van der Waals surface area contributed by atoms with Crippen molar-refractivity contribution >= 4 is 10.9 Å². The van der Waals surface area contributed by atoms with Crippen molar-refractivity contribution in [3.05, 3.63) is 81.4 Å². The maximum absolute atomic E-state index is 13.9. The van der Waals surface area contributed by atoms with Gasteiger partial charge in [-0.05, 0) is 18.2 Å². The van der Waals surface area contributed by atoms with Crippen molar-refractivity contribution in [2.75, 3.05) is 0 Å². The number of para-hydroxylation sites is 1. The normalized spacial score (nSPS) is 10.7. The van der Waals surface area contributed by atoms with Crippen molar-refractivity contribution in [2.45, 2.75) is 6.54 Å². The first-order chi connectivity index (χ1) is 11.0. The first kappa shape index (κ1) is 14.9. The van der Waals surface area contributed by atoms with Gasteiger partial charge >= 0.3 is 0 Å². The molecule has 3 rings (SSSR count). The molecule has 0 fully saturated rings. The van der Waals surface area contributed by atoms with Crippen LogP contribution in [0.2, 0.25) is 0 Å². The Bertz CT molecular complexity index is 1020. The summed E-state index contributed by atoms with van der Waals surface area (Å²) in [6.45, 7) is -0.140. The average Bonchev–Trinajstić information content (AvgIpc) is 2.57. The summed E-state index contributed by atoms with van der Waals surface area (Å²) in [5.41, 5.74) is -0.140. The Kier molecular flexibility index (Phi) is 3.62. The summed E-state index contributed by atoms with van der Waals surface area (Å²) in [4.78, 5) is 12.1. The minimum atomic E-state index is -1.55. The van der Waals surface area contributed by atoms with Gasteiger partial charge in [-0.25, -0.2) is 13.2 Å². The van der Waals surface area contributed by atoms with Crippen LogP contribution < -0.4 is 5.43 Å². The lowest BCUT2D eigenvalue weighted by molar-refractivity contribution is 0.439. The van der Waals surface area contributed by atoms with Crippen LogP contribution >= 0.6 is 0 Å². The highest BCUT2D eigenvalue weighted by Crippen LogP contribution is 2.19. The molecule has 2 aromatic carbocycles. The van der Waals surface area contributed by atoms with E-state index in [-0.39, 0.29) is 17.7 Å². The van der Waals surface area contributed by atoms with Crippen molar-refractivity contribution in [3.63, 3.8) is 0 Å². The van der Waals surface area contributed by atoms with Gasteiger partial charge in [0.15, 0.2) is 17.5 Å². The SMILES string of the molecule is N#Cc1cn(Cc2ccc(F)c(F)c2F)c2ccccc2c1=O. The second kappa shape index (κ2) is 5.61. The molecular formula is C17H9F3N2O. The third-order valence-electron chi connectivity index (χ3n) is 3.56. The van der Waals surface area contributed by atoms with Crippen LogP contribution in [0, 0.1) is 28.8 Å². The minimum absolute atomic E-state index is 0.0819. The number of pyridine rings is 1. The van der Waals surface area contributed by atoms with Crippen molar-refractivity contribution in [1.29, 1.82) is 5.26 Å². The highest BCUT2D eigenvalue weighted by atomic mass is 19.2. The van der Waals surface area contributed by atoms with Crippen LogP contribution in [0.25, 0.3) is 10.9 Å². The molecule has 0 amide bonds. The lowest BCUT2D eigenvalue weighted by atomic mass is 10.1. The zero-order valence-corrected chi connectivity index (χ0v) is 11.7. The Hall–Kier alpha value is -3.07. The number of fused-ring (bicyclic) bond motifs is 1. The quantitative estimate of drug-likeness (QED) is 0.681. The summed E-state index contributed by atoms with van der Waals surface area (Å²) >= 11 is 0. The molecule has 114 valence electrons. The number of halogens is 3. The number of aromatic nitrogens is 1. The number of nitriles is 1. The van der Waals surface area contributed by atoms with Crippen LogP contribution in [-0.2, 0) is 6.54 Å².